The second kappa shape index (κ2) is 10.1. The molecule has 0 fully saturated rings. The maximum atomic E-state index is 13.8. The number of carbonyl (C=O) groups is 2. The summed E-state index contributed by atoms with van der Waals surface area (Å²) in [5.74, 6) is -1.29. The molecule has 6 nitrogen and oxygen atoms in total. The van der Waals surface area contributed by atoms with Crippen molar-refractivity contribution in [1.29, 1.82) is 0 Å². The molecule has 0 aliphatic heterocycles. The van der Waals surface area contributed by atoms with Crippen LogP contribution in [0.15, 0.2) is 42.1 Å². The van der Waals surface area contributed by atoms with E-state index in [0.717, 1.165) is 0 Å². The van der Waals surface area contributed by atoms with Crippen molar-refractivity contribution in [2.75, 3.05) is 6.61 Å². The van der Waals surface area contributed by atoms with Crippen LogP contribution >= 0.6 is 22.6 Å². The van der Waals surface area contributed by atoms with Gasteiger partial charge in [-0.2, -0.15) is 0 Å². The molecule has 8 heteroatoms. The molecule has 2 aromatic carbocycles. The molecule has 148 valence electrons. The van der Waals surface area contributed by atoms with Gasteiger partial charge in [0.1, 0.15) is 18.1 Å². The molecule has 0 saturated carbocycles. The van der Waals surface area contributed by atoms with Gasteiger partial charge in [-0.15, -0.1) is 0 Å². The Kier molecular flexibility index (Phi) is 7.80. The molecule has 0 saturated heterocycles. The van der Waals surface area contributed by atoms with Crippen LogP contribution in [0.2, 0.25) is 0 Å². The predicted molar refractivity (Wildman–Crippen MR) is 110 cm³/mol. The minimum Gasteiger partial charge on any atom is -0.490 e. The maximum Gasteiger partial charge on any atom is 0.352 e. The van der Waals surface area contributed by atoms with E-state index in [0.29, 0.717) is 32.8 Å². The highest BCUT2D eigenvalue weighted by atomic mass is 127. The van der Waals surface area contributed by atoms with E-state index in [-0.39, 0.29) is 18.1 Å². The summed E-state index contributed by atoms with van der Waals surface area (Å²) < 4.78 is 25.9. The monoisotopic (exact) mass is 499 g/mol. The van der Waals surface area contributed by atoms with Crippen molar-refractivity contribution in [3.63, 3.8) is 0 Å². The number of carboxylic acid groups (broad SMARTS) is 1. The quantitative estimate of drug-likeness (QED) is 0.424. The molecule has 2 N–H and O–H groups in total. The highest BCUT2D eigenvalue weighted by Gasteiger charge is 2.15. The van der Waals surface area contributed by atoms with Gasteiger partial charge in [0.2, 0.25) is 5.91 Å². The number of benzene rings is 2. The summed E-state index contributed by atoms with van der Waals surface area (Å²) in [7, 11) is 0. The molecule has 1 amide bonds. The van der Waals surface area contributed by atoms with Gasteiger partial charge in [-0.1, -0.05) is 18.2 Å². The first-order chi connectivity index (χ1) is 13.3. The van der Waals surface area contributed by atoms with E-state index < -0.39 is 11.9 Å². The second-order valence-corrected chi connectivity index (χ2v) is 6.85. The first-order valence-corrected chi connectivity index (χ1v) is 9.44. The maximum absolute atomic E-state index is 13.8. The Morgan fingerprint density at radius 3 is 2.57 bits per heavy atom. The van der Waals surface area contributed by atoms with Crippen LogP contribution < -0.4 is 14.8 Å². The van der Waals surface area contributed by atoms with E-state index in [1.807, 2.05) is 22.6 Å². The smallest absolute Gasteiger partial charge is 0.352 e. The van der Waals surface area contributed by atoms with Crippen LogP contribution in [-0.4, -0.2) is 23.6 Å². The first kappa shape index (κ1) is 21.7. The summed E-state index contributed by atoms with van der Waals surface area (Å²) in [6, 6.07) is 9.60. The molecule has 0 aliphatic carbocycles. The van der Waals surface area contributed by atoms with Crippen molar-refractivity contribution in [1.82, 2.24) is 5.32 Å². The van der Waals surface area contributed by atoms with Crippen molar-refractivity contribution in [3.05, 3.63) is 62.6 Å². The zero-order chi connectivity index (χ0) is 20.7. The summed E-state index contributed by atoms with van der Waals surface area (Å²) >= 11 is 2.03. The van der Waals surface area contributed by atoms with Gasteiger partial charge < -0.3 is 19.9 Å². The summed E-state index contributed by atoms with van der Waals surface area (Å²) in [5.41, 5.74) is 0.659. The Morgan fingerprint density at radius 1 is 1.25 bits per heavy atom. The second-order valence-electron chi connectivity index (χ2n) is 5.69. The van der Waals surface area contributed by atoms with E-state index in [4.69, 9.17) is 9.47 Å². The molecule has 0 bridgehead atoms. The fourth-order valence-electron chi connectivity index (χ4n) is 2.35. The largest absolute Gasteiger partial charge is 0.490 e. The molecule has 0 heterocycles. The van der Waals surface area contributed by atoms with Gasteiger partial charge in [0.15, 0.2) is 11.5 Å². The third-order valence-corrected chi connectivity index (χ3v) is 4.31. The van der Waals surface area contributed by atoms with E-state index in [1.54, 1.807) is 37.3 Å². The zero-order valence-corrected chi connectivity index (χ0v) is 17.4. The van der Waals surface area contributed by atoms with Crippen LogP contribution in [-0.2, 0) is 16.2 Å². The van der Waals surface area contributed by atoms with Gasteiger partial charge in [-0.25, -0.2) is 9.18 Å². The highest BCUT2D eigenvalue weighted by Crippen LogP contribution is 2.35. The number of ether oxygens (including phenoxy) is 2. The summed E-state index contributed by atoms with van der Waals surface area (Å²) in [4.78, 5) is 22.5. The SMILES string of the molecule is CCOc1cc(/C=C(/NC(C)=O)C(=O)O)cc(I)c1OCc1ccccc1F. The number of nitrogens with one attached hydrogen (secondary N) is 1. The molecule has 0 aliphatic rings. The Morgan fingerprint density at radius 2 is 1.96 bits per heavy atom. The van der Waals surface area contributed by atoms with E-state index in [1.165, 1.54) is 19.1 Å². The van der Waals surface area contributed by atoms with Gasteiger partial charge >= 0.3 is 5.97 Å². The van der Waals surface area contributed by atoms with Crippen LogP contribution in [0.1, 0.15) is 25.0 Å². The van der Waals surface area contributed by atoms with Crippen LogP contribution in [0.25, 0.3) is 6.08 Å². The van der Waals surface area contributed by atoms with E-state index in [9.17, 15) is 19.1 Å². The van der Waals surface area contributed by atoms with E-state index >= 15 is 0 Å². The average Bonchev–Trinajstić information content (AvgIpc) is 2.61. The van der Waals surface area contributed by atoms with Gasteiger partial charge in [0.25, 0.3) is 0 Å². The predicted octanol–water partition coefficient (Wildman–Crippen LogP) is 3.97. The number of amides is 1. The van der Waals surface area contributed by atoms with Gasteiger partial charge in [0.05, 0.1) is 10.2 Å². The molecule has 2 rings (SSSR count). The third-order valence-electron chi connectivity index (χ3n) is 3.51. The molecular formula is C20H19FINO5. The summed E-state index contributed by atoms with van der Waals surface area (Å²) in [6.45, 7) is 3.41. The number of hydrogen-bond donors (Lipinski definition) is 2. The average molecular weight is 499 g/mol. The molecule has 0 spiro atoms. The van der Waals surface area contributed by atoms with Crippen molar-refractivity contribution >= 4 is 40.5 Å². The lowest BCUT2D eigenvalue weighted by Gasteiger charge is -2.15. The Labute approximate surface area is 175 Å². The summed E-state index contributed by atoms with van der Waals surface area (Å²) in [6.07, 6.45) is 1.33. The molecule has 0 atom stereocenters. The van der Waals surface area contributed by atoms with Crippen LogP contribution in [0, 0.1) is 9.39 Å². The number of halogens is 2. The molecule has 0 radical (unpaired) electrons. The Hall–Kier alpha value is -2.62. The Balaban J connectivity index is 2.36. The zero-order valence-electron chi connectivity index (χ0n) is 15.3. The lowest BCUT2D eigenvalue weighted by atomic mass is 10.1. The van der Waals surface area contributed by atoms with E-state index in [2.05, 4.69) is 5.32 Å². The number of aliphatic carboxylic acids is 1. The number of hydrogen-bond acceptors (Lipinski definition) is 4. The molecular weight excluding hydrogens is 480 g/mol. The van der Waals surface area contributed by atoms with Gasteiger partial charge in [-0.3, -0.25) is 4.79 Å². The van der Waals surface area contributed by atoms with Crippen molar-refractivity contribution in [3.8, 4) is 11.5 Å². The number of carbonyl (C=O) groups excluding carboxylic acids is 1. The van der Waals surface area contributed by atoms with Crippen molar-refractivity contribution in [2.24, 2.45) is 0 Å². The lowest BCUT2D eigenvalue weighted by Crippen LogP contribution is -2.24. The number of carboxylic acids is 1. The molecule has 0 aromatic heterocycles. The third kappa shape index (κ3) is 5.95. The van der Waals surface area contributed by atoms with Crippen LogP contribution in [0.4, 0.5) is 4.39 Å². The van der Waals surface area contributed by atoms with Crippen LogP contribution in [0.5, 0.6) is 11.5 Å². The lowest BCUT2D eigenvalue weighted by molar-refractivity contribution is -0.134. The molecule has 28 heavy (non-hydrogen) atoms. The first-order valence-electron chi connectivity index (χ1n) is 8.37. The minimum atomic E-state index is -1.26. The molecule has 2 aromatic rings. The van der Waals surface area contributed by atoms with Crippen molar-refractivity contribution < 1.29 is 28.6 Å². The van der Waals surface area contributed by atoms with Crippen LogP contribution in [0.3, 0.4) is 0 Å². The fourth-order valence-corrected chi connectivity index (χ4v) is 3.13. The standard InChI is InChI=1S/C20H19FINO5/c1-3-27-18-10-13(9-17(20(25)26)23-12(2)24)8-16(22)19(18)28-11-14-6-4-5-7-15(14)21/h4-10H,3,11H2,1-2H3,(H,23,24)(H,25,26)/b17-9+. The number of rotatable bonds is 8. The van der Waals surface area contributed by atoms with Gasteiger partial charge in [-0.05, 0) is 59.4 Å². The topological polar surface area (TPSA) is 84.9 Å². The minimum absolute atomic E-state index is 0.0181. The highest BCUT2D eigenvalue weighted by molar-refractivity contribution is 14.1. The normalized spacial score (nSPS) is 11.1. The Bertz CT molecular complexity index is 913. The summed E-state index contributed by atoms with van der Waals surface area (Å²) in [5, 5.41) is 11.5. The fraction of sp³-hybridized carbons (Fsp3) is 0.200. The molecule has 0 unspecified atom stereocenters. The van der Waals surface area contributed by atoms with Gasteiger partial charge in [0, 0.05) is 12.5 Å². The van der Waals surface area contributed by atoms with Crippen molar-refractivity contribution in [2.45, 2.75) is 20.5 Å².